The van der Waals surface area contributed by atoms with Crippen molar-refractivity contribution in [2.75, 3.05) is 0 Å². The van der Waals surface area contributed by atoms with Gasteiger partial charge in [0.1, 0.15) is 11.2 Å². The number of allylic oxidation sites excluding steroid dienone is 2. The number of aromatic nitrogens is 1. The van der Waals surface area contributed by atoms with E-state index >= 15 is 0 Å². The van der Waals surface area contributed by atoms with Gasteiger partial charge in [-0.1, -0.05) is 75.9 Å². The van der Waals surface area contributed by atoms with E-state index in [1.54, 1.807) is 13.8 Å². The van der Waals surface area contributed by atoms with E-state index in [9.17, 15) is 23.1 Å². The van der Waals surface area contributed by atoms with E-state index in [-0.39, 0.29) is 25.5 Å². The Morgan fingerprint density at radius 3 is 2.07 bits per heavy atom. The van der Waals surface area contributed by atoms with Gasteiger partial charge in [-0.05, 0) is 62.8 Å². The van der Waals surface area contributed by atoms with Gasteiger partial charge in [0.05, 0.1) is 5.52 Å². The van der Waals surface area contributed by atoms with Crippen molar-refractivity contribution in [2.45, 2.75) is 80.8 Å². The van der Waals surface area contributed by atoms with Crippen LogP contribution in [0.2, 0.25) is 0 Å². The molecule has 0 bridgehead atoms. The number of carbonyl (C=O) groups is 1. The Labute approximate surface area is 267 Å². The first-order valence-electron chi connectivity index (χ1n) is 14.1. The number of pyridine rings is 1. The van der Waals surface area contributed by atoms with Crippen LogP contribution in [-0.4, -0.2) is 22.1 Å². The fourth-order valence-electron chi connectivity index (χ4n) is 4.74. The van der Waals surface area contributed by atoms with Crippen LogP contribution in [0.25, 0.3) is 32.9 Å². The second-order valence-electron chi connectivity index (χ2n) is 12.9. The number of alkyl halides is 3. The number of ketones is 1. The predicted octanol–water partition coefficient (Wildman–Crippen LogP) is 10.3. The molecule has 1 aromatic heterocycles. The zero-order chi connectivity index (χ0) is 31.8. The number of fused-ring (bicyclic) bond motifs is 2. The number of hydrogen-bond donors (Lipinski definition) is 1. The molecule has 0 fully saturated rings. The maximum atomic E-state index is 12.4. The molecule has 43 heavy (non-hydrogen) atoms. The molecule has 4 rings (SSSR count). The second-order valence-corrected chi connectivity index (χ2v) is 12.9. The minimum Gasteiger partial charge on any atom is -0.511 e. The van der Waals surface area contributed by atoms with E-state index in [2.05, 4.69) is 96.1 Å². The predicted molar refractivity (Wildman–Crippen MR) is 167 cm³/mol. The topological polar surface area (TPSA) is 50.2 Å². The van der Waals surface area contributed by atoms with Crippen molar-refractivity contribution < 1.29 is 43.2 Å². The molecular formula is C36H41F3IrNO2-. The molecule has 0 amide bonds. The zero-order valence-electron chi connectivity index (χ0n) is 26.5. The first-order chi connectivity index (χ1) is 19.2. The fourth-order valence-corrected chi connectivity index (χ4v) is 4.74. The number of benzene rings is 3. The molecular weight excluding hydrogens is 728 g/mol. The first-order valence-corrected chi connectivity index (χ1v) is 14.1. The Kier molecular flexibility index (Phi) is 11.2. The molecule has 1 radical (unpaired) electrons. The second kappa shape index (κ2) is 13.3. The summed E-state index contributed by atoms with van der Waals surface area (Å²) in [6, 6.07) is 21.1. The van der Waals surface area contributed by atoms with Crippen LogP contribution in [0.4, 0.5) is 13.2 Å². The van der Waals surface area contributed by atoms with Gasteiger partial charge in [0.2, 0.25) is 0 Å². The average molecular weight is 769 g/mol. The average Bonchev–Trinajstić information content (AvgIpc) is 2.86. The minimum absolute atomic E-state index is 0. The minimum atomic E-state index is -4.58. The van der Waals surface area contributed by atoms with Gasteiger partial charge in [-0.15, -0.1) is 29.1 Å². The van der Waals surface area contributed by atoms with Crippen LogP contribution in [0.1, 0.15) is 70.7 Å². The Hall–Kier alpha value is -3.02. The smallest absolute Gasteiger partial charge is 0.400 e. The quantitative estimate of drug-likeness (QED) is 0.128. The molecule has 0 atom stereocenters. The molecule has 233 valence electrons. The molecule has 3 aromatic carbocycles. The summed E-state index contributed by atoms with van der Waals surface area (Å²) in [6.45, 7) is 18.0. The van der Waals surface area contributed by atoms with Crippen LogP contribution in [0.5, 0.6) is 0 Å². The van der Waals surface area contributed by atoms with Crippen molar-refractivity contribution in [3.8, 4) is 11.3 Å². The third kappa shape index (κ3) is 8.13. The summed E-state index contributed by atoms with van der Waals surface area (Å²) < 4.78 is 37.3. The van der Waals surface area contributed by atoms with Gasteiger partial charge in [-0.2, -0.15) is 13.2 Å². The van der Waals surface area contributed by atoms with Gasteiger partial charge < -0.3 is 5.11 Å². The molecule has 0 saturated heterocycles. The van der Waals surface area contributed by atoms with Crippen LogP contribution < -0.4 is 0 Å². The molecule has 0 aliphatic carbocycles. The van der Waals surface area contributed by atoms with E-state index in [4.69, 9.17) is 4.98 Å². The van der Waals surface area contributed by atoms with Gasteiger partial charge in [0, 0.05) is 43.2 Å². The molecule has 0 aliphatic heterocycles. The normalized spacial score (nSPS) is 12.7. The Morgan fingerprint density at radius 2 is 1.51 bits per heavy atom. The third-order valence-electron chi connectivity index (χ3n) is 7.50. The summed E-state index contributed by atoms with van der Waals surface area (Å²) in [4.78, 5) is 16.1. The summed E-state index contributed by atoms with van der Waals surface area (Å²) in [5.74, 6) is -1.91. The standard InChI is InChI=1S/C26H26N.C10H15F3O2.Ir/c1-16-11-17(2)25-18(3)13-23(27-24(25)12-16)20-14-19-9-7-8-10-21(19)22(15-20)26(4,5)6;1-6(2)7(14)5-8(15)9(3,4)10(11,12)13;/h7-13,15H,1-6H3;5-6,15H,1-4H3;/q-1;;/b;8-5-;. The van der Waals surface area contributed by atoms with Gasteiger partial charge in [-0.3, -0.25) is 9.78 Å². The third-order valence-corrected chi connectivity index (χ3v) is 7.50. The molecule has 1 heterocycles. The number of aliphatic hydroxyl groups excluding tert-OH is 1. The van der Waals surface area contributed by atoms with Gasteiger partial charge in [0.25, 0.3) is 0 Å². The maximum absolute atomic E-state index is 12.4. The van der Waals surface area contributed by atoms with Gasteiger partial charge in [-0.25, -0.2) is 0 Å². The van der Waals surface area contributed by atoms with Crippen molar-refractivity contribution in [2.24, 2.45) is 11.3 Å². The summed E-state index contributed by atoms with van der Waals surface area (Å²) in [5, 5.41) is 12.9. The molecule has 0 unspecified atom stereocenters. The molecule has 0 saturated carbocycles. The van der Waals surface area contributed by atoms with Crippen LogP contribution in [0, 0.1) is 38.2 Å². The molecule has 0 aliphatic rings. The number of aryl methyl sites for hydroxylation is 3. The Bertz CT molecular complexity index is 1660. The summed E-state index contributed by atoms with van der Waals surface area (Å²) in [6.07, 6.45) is -3.93. The molecule has 0 spiro atoms. The Balaban J connectivity index is 0.000000348. The van der Waals surface area contributed by atoms with Crippen LogP contribution in [-0.2, 0) is 30.3 Å². The maximum Gasteiger partial charge on any atom is 0.400 e. The van der Waals surface area contributed by atoms with Crippen LogP contribution >= 0.6 is 0 Å². The largest absolute Gasteiger partial charge is 0.511 e. The van der Waals surface area contributed by atoms with Gasteiger partial charge >= 0.3 is 6.18 Å². The summed E-state index contributed by atoms with van der Waals surface area (Å²) >= 11 is 0. The molecule has 4 aromatic rings. The van der Waals surface area contributed by atoms with Crippen molar-refractivity contribution in [3.63, 3.8) is 0 Å². The van der Waals surface area contributed by atoms with E-state index in [0.717, 1.165) is 36.0 Å². The van der Waals surface area contributed by atoms with Crippen LogP contribution in [0.15, 0.2) is 60.4 Å². The van der Waals surface area contributed by atoms with E-state index < -0.39 is 29.1 Å². The number of aliphatic hydroxyl groups is 1. The number of rotatable bonds is 4. The SMILES string of the molecule is CC(C)C(=O)/C=C(\O)C(C)(C)C(F)(F)F.Cc1cc(C)c2c(C)cc(-c3[c-]c4ccccc4c(C(C)(C)C)c3)nc2c1.[Ir]. The van der Waals surface area contributed by atoms with Crippen molar-refractivity contribution in [3.05, 3.63) is 88.7 Å². The molecule has 3 nitrogen and oxygen atoms in total. The van der Waals surface area contributed by atoms with E-state index in [1.165, 1.54) is 33.0 Å². The zero-order valence-corrected chi connectivity index (χ0v) is 28.9. The van der Waals surface area contributed by atoms with E-state index in [1.807, 2.05) is 0 Å². The first kappa shape index (κ1) is 36.2. The Morgan fingerprint density at radius 1 is 0.930 bits per heavy atom. The van der Waals surface area contributed by atoms with Crippen molar-refractivity contribution in [1.29, 1.82) is 0 Å². The van der Waals surface area contributed by atoms with Gasteiger partial charge in [0.15, 0.2) is 5.78 Å². The van der Waals surface area contributed by atoms with Crippen molar-refractivity contribution >= 4 is 27.5 Å². The van der Waals surface area contributed by atoms with E-state index in [0.29, 0.717) is 6.08 Å². The molecule has 1 N–H and O–H groups in total. The number of hydrogen-bond acceptors (Lipinski definition) is 3. The summed E-state index contributed by atoms with van der Waals surface area (Å²) in [7, 11) is 0. The number of carbonyl (C=O) groups excluding carboxylic acids is 1. The molecule has 7 heteroatoms. The fraction of sp³-hybridized carbons (Fsp3) is 0.389. The number of halogens is 3. The van der Waals surface area contributed by atoms with Crippen LogP contribution in [0.3, 0.4) is 0 Å². The van der Waals surface area contributed by atoms with Crippen molar-refractivity contribution in [1.82, 2.24) is 4.98 Å². The summed E-state index contributed by atoms with van der Waals surface area (Å²) in [5.41, 5.74) is 5.96. The monoisotopic (exact) mass is 769 g/mol. The number of nitrogens with zero attached hydrogens (tertiary/aromatic N) is 1.